The number of alkyl halides is 3. The number of hydrogen-bond acceptors (Lipinski definition) is 1. The summed E-state index contributed by atoms with van der Waals surface area (Å²) >= 11 is 0. The van der Waals surface area contributed by atoms with Crippen LogP contribution in [0.15, 0.2) is 78.9 Å². The van der Waals surface area contributed by atoms with Crippen molar-refractivity contribution in [1.82, 2.24) is 4.98 Å². The fraction of sp³-hybridized carbons (Fsp3) is 0.0833. The van der Waals surface area contributed by atoms with Gasteiger partial charge >= 0.3 is 6.18 Å². The Labute approximate surface area is 164 Å². The second-order valence-electron chi connectivity index (χ2n) is 7.00. The molecule has 0 aliphatic carbocycles. The van der Waals surface area contributed by atoms with Crippen molar-refractivity contribution in [2.24, 2.45) is 0 Å². The Hall–Kier alpha value is -3.47. The highest BCUT2D eigenvalue weighted by molar-refractivity contribution is 6.21. The van der Waals surface area contributed by atoms with E-state index in [1.165, 1.54) is 6.07 Å². The zero-order chi connectivity index (χ0) is 20.0. The first-order valence-corrected chi connectivity index (χ1v) is 9.22. The molecule has 0 unspecified atom stereocenters. The summed E-state index contributed by atoms with van der Waals surface area (Å²) in [6.07, 6.45) is -4.38. The van der Waals surface area contributed by atoms with E-state index in [1.54, 1.807) is 0 Å². The summed E-state index contributed by atoms with van der Waals surface area (Å²) in [4.78, 5) is 3.14. The summed E-state index contributed by atoms with van der Waals surface area (Å²) in [5, 5.41) is 3.53. The molecule has 0 aliphatic rings. The number of ether oxygens (including phenoxy) is 1. The van der Waals surface area contributed by atoms with E-state index in [-0.39, 0.29) is 0 Å². The van der Waals surface area contributed by atoms with Crippen LogP contribution < -0.4 is 4.74 Å². The quantitative estimate of drug-likeness (QED) is 0.349. The van der Waals surface area contributed by atoms with Crippen LogP contribution in [0.4, 0.5) is 13.2 Å². The van der Waals surface area contributed by atoms with E-state index in [0.717, 1.165) is 44.8 Å². The van der Waals surface area contributed by atoms with E-state index in [4.69, 9.17) is 4.74 Å². The molecule has 0 amide bonds. The first-order chi connectivity index (χ1) is 14.0. The topological polar surface area (TPSA) is 25.0 Å². The molecule has 0 spiro atoms. The Bertz CT molecular complexity index is 1340. The summed E-state index contributed by atoms with van der Waals surface area (Å²) < 4.78 is 45.4. The van der Waals surface area contributed by atoms with Crippen molar-refractivity contribution >= 4 is 32.6 Å². The second-order valence-corrected chi connectivity index (χ2v) is 7.00. The molecule has 29 heavy (non-hydrogen) atoms. The van der Waals surface area contributed by atoms with Gasteiger partial charge in [0.1, 0.15) is 12.4 Å². The fourth-order valence-electron chi connectivity index (χ4n) is 3.77. The molecule has 2 nitrogen and oxygen atoms in total. The lowest BCUT2D eigenvalue weighted by atomic mass is 10.0. The predicted octanol–water partition coefficient (Wildman–Crippen LogP) is 7.07. The van der Waals surface area contributed by atoms with Gasteiger partial charge in [0.2, 0.25) is 0 Å². The molecule has 0 atom stereocenters. The van der Waals surface area contributed by atoms with Crippen LogP contribution in [0.2, 0.25) is 0 Å². The van der Waals surface area contributed by atoms with Crippen molar-refractivity contribution in [2.75, 3.05) is 0 Å². The molecule has 0 bridgehead atoms. The molecule has 5 rings (SSSR count). The molecule has 0 radical (unpaired) electrons. The number of aromatic amines is 1. The molecule has 5 heteroatoms. The van der Waals surface area contributed by atoms with Gasteiger partial charge in [0, 0.05) is 27.7 Å². The van der Waals surface area contributed by atoms with Crippen LogP contribution in [0.5, 0.6) is 5.75 Å². The van der Waals surface area contributed by atoms with Crippen molar-refractivity contribution in [1.29, 1.82) is 0 Å². The van der Waals surface area contributed by atoms with E-state index < -0.39 is 11.7 Å². The molecule has 5 aromatic rings. The van der Waals surface area contributed by atoms with E-state index >= 15 is 0 Å². The molecular formula is C24H16F3NO. The van der Waals surface area contributed by atoms with Crippen molar-refractivity contribution in [3.63, 3.8) is 0 Å². The van der Waals surface area contributed by atoms with Gasteiger partial charge in [-0.15, -0.1) is 0 Å². The van der Waals surface area contributed by atoms with Crippen LogP contribution in [0.25, 0.3) is 32.6 Å². The van der Waals surface area contributed by atoms with Crippen LogP contribution in [0.1, 0.15) is 11.1 Å². The lowest BCUT2D eigenvalue weighted by Crippen LogP contribution is -2.03. The summed E-state index contributed by atoms with van der Waals surface area (Å²) in [5.41, 5.74) is 1.59. The summed E-state index contributed by atoms with van der Waals surface area (Å²) in [6, 6.07) is 23.3. The highest BCUT2D eigenvalue weighted by Gasteiger charge is 2.30. The van der Waals surface area contributed by atoms with E-state index in [2.05, 4.69) is 4.98 Å². The van der Waals surface area contributed by atoms with Crippen molar-refractivity contribution < 1.29 is 17.9 Å². The lowest BCUT2D eigenvalue weighted by molar-refractivity contribution is -0.137. The average molecular weight is 391 g/mol. The third kappa shape index (κ3) is 3.09. The molecule has 0 saturated carbocycles. The molecular weight excluding hydrogens is 375 g/mol. The lowest BCUT2D eigenvalue weighted by Gasteiger charge is -2.11. The average Bonchev–Trinajstić information content (AvgIpc) is 3.10. The number of nitrogens with one attached hydrogen (secondary N) is 1. The molecule has 0 aliphatic heterocycles. The van der Waals surface area contributed by atoms with Crippen LogP contribution in [0.3, 0.4) is 0 Å². The normalized spacial score (nSPS) is 12.1. The van der Waals surface area contributed by atoms with Gasteiger partial charge in [0.25, 0.3) is 0 Å². The summed E-state index contributed by atoms with van der Waals surface area (Å²) in [7, 11) is 0. The number of halogens is 3. The fourth-order valence-corrected chi connectivity index (χ4v) is 3.77. The molecule has 144 valence electrons. The van der Waals surface area contributed by atoms with Crippen LogP contribution >= 0.6 is 0 Å². The van der Waals surface area contributed by atoms with E-state index in [0.29, 0.717) is 17.9 Å². The maximum Gasteiger partial charge on any atom is 0.416 e. The standard InChI is InChI=1S/C24H16F3NO/c25-24(26,27)16-10-11-19-20(12-16)28-21-13-22(29-14-15-6-2-1-3-7-15)17-8-4-5-9-18(17)23(19)21/h1-13,28H,14H2. The van der Waals surface area contributed by atoms with Gasteiger partial charge in [-0.2, -0.15) is 13.2 Å². The SMILES string of the molecule is FC(F)(F)c1ccc2c(c1)[nH]c1cc(OCc3ccccc3)c3ccccc3c12. The van der Waals surface area contributed by atoms with E-state index in [1.807, 2.05) is 60.7 Å². The van der Waals surface area contributed by atoms with Gasteiger partial charge in [-0.05, 0) is 23.1 Å². The highest BCUT2D eigenvalue weighted by atomic mass is 19.4. The van der Waals surface area contributed by atoms with Gasteiger partial charge in [-0.3, -0.25) is 0 Å². The summed E-state index contributed by atoms with van der Waals surface area (Å²) in [5.74, 6) is 0.694. The minimum absolute atomic E-state index is 0.411. The maximum atomic E-state index is 13.1. The van der Waals surface area contributed by atoms with Crippen molar-refractivity contribution in [2.45, 2.75) is 12.8 Å². The monoisotopic (exact) mass is 391 g/mol. The van der Waals surface area contributed by atoms with Gasteiger partial charge in [-0.25, -0.2) is 0 Å². The number of fused-ring (bicyclic) bond motifs is 5. The number of hydrogen-bond donors (Lipinski definition) is 1. The smallest absolute Gasteiger partial charge is 0.416 e. The van der Waals surface area contributed by atoms with Crippen LogP contribution in [-0.2, 0) is 12.8 Å². The zero-order valence-electron chi connectivity index (χ0n) is 15.3. The predicted molar refractivity (Wildman–Crippen MR) is 109 cm³/mol. The largest absolute Gasteiger partial charge is 0.488 e. The molecule has 1 N–H and O–H groups in total. The maximum absolute atomic E-state index is 13.1. The Morgan fingerprint density at radius 1 is 0.724 bits per heavy atom. The molecule has 1 aromatic heterocycles. The first-order valence-electron chi connectivity index (χ1n) is 9.22. The molecule has 0 saturated heterocycles. The number of H-pyrrole nitrogens is 1. The van der Waals surface area contributed by atoms with Gasteiger partial charge < -0.3 is 9.72 Å². The Morgan fingerprint density at radius 2 is 1.45 bits per heavy atom. The number of benzene rings is 4. The molecule has 1 heterocycles. The first kappa shape index (κ1) is 17.6. The number of rotatable bonds is 3. The van der Waals surface area contributed by atoms with Crippen molar-refractivity contribution in [3.05, 3.63) is 90.0 Å². The van der Waals surface area contributed by atoms with Gasteiger partial charge in [0.05, 0.1) is 11.1 Å². The Kier molecular flexibility index (Phi) is 3.98. The van der Waals surface area contributed by atoms with E-state index in [9.17, 15) is 13.2 Å². The summed E-state index contributed by atoms with van der Waals surface area (Å²) in [6.45, 7) is 0.411. The molecule has 0 fully saturated rings. The third-order valence-corrected chi connectivity index (χ3v) is 5.13. The number of aromatic nitrogens is 1. The van der Waals surface area contributed by atoms with Gasteiger partial charge in [0.15, 0.2) is 0 Å². The van der Waals surface area contributed by atoms with Crippen LogP contribution in [-0.4, -0.2) is 4.98 Å². The third-order valence-electron chi connectivity index (χ3n) is 5.13. The Morgan fingerprint density at radius 3 is 2.21 bits per heavy atom. The van der Waals surface area contributed by atoms with Gasteiger partial charge in [-0.1, -0.05) is 60.7 Å². The minimum atomic E-state index is -4.38. The second kappa shape index (κ2) is 6.55. The Balaban J connectivity index is 1.69. The molecule has 4 aromatic carbocycles. The zero-order valence-corrected chi connectivity index (χ0v) is 15.3. The minimum Gasteiger partial charge on any atom is -0.488 e. The van der Waals surface area contributed by atoms with Crippen molar-refractivity contribution in [3.8, 4) is 5.75 Å². The highest BCUT2D eigenvalue weighted by Crippen LogP contribution is 2.39. The van der Waals surface area contributed by atoms with Crippen LogP contribution in [0, 0.1) is 0 Å².